The first kappa shape index (κ1) is 29.3. The number of benzene rings is 1. The van der Waals surface area contributed by atoms with Crippen LogP contribution in [-0.2, 0) is 0 Å². The van der Waals surface area contributed by atoms with E-state index in [1.165, 1.54) is 0 Å². The van der Waals surface area contributed by atoms with Crippen molar-refractivity contribution >= 4 is 50.5 Å². The zero-order chi connectivity index (χ0) is 27.7. The third kappa shape index (κ3) is 6.05. The number of nitrogens with one attached hydrogen (secondary N) is 2. The van der Waals surface area contributed by atoms with E-state index in [1.807, 2.05) is 46.8 Å². The van der Waals surface area contributed by atoms with E-state index in [0.29, 0.717) is 40.8 Å². The molecule has 0 spiro atoms. The standard InChI is InChI=1S/C24H20FIN6O2.2C2H6.H2/c1-3-14-5-4-6-15-11-28-12-16(17(14)15)20-19(25)21-18-22(32-24(31-21)34-26)29-10-9-27-8-7-13(2)33-23(18)30-20;2*1-2;/h1,4-6,11-13,27H,7-10H2,2H3,(H,29,31,32);2*1-2H3;1H/t13-;;;/m0.../s1. The minimum atomic E-state index is -0.635. The summed E-state index contributed by atoms with van der Waals surface area (Å²) < 4.78 is 27.6. The van der Waals surface area contributed by atoms with Gasteiger partial charge in [-0.15, -0.1) is 6.42 Å². The Kier molecular flexibility index (Phi) is 10.8. The predicted molar refractivity (Wildman–Crippen MR) is 161 cm³/mol. The molecule has 0 aliphatic carbocycles. The molecule has 0 fully saturated rings. The molecule has 202 valence electrons. The number of terminal acetylenes is 1. The highest BCUT2D eigenvalue weighted by Gasteiger charge is 2.25. The fraction of sp³-hybridized carbons (Fsp3) is 0.357. The molecule has 0 saturated carbocycles. The van der Waals surface area contributed by atoms with Crippen molar-refractivity contribution in [2.24, 2.45) is 0 Å². The summed E-state index contributed by atoms with van der Waals surface area (Å²) in [5.74, 6) is 2.67. The second-order valence-corrected chi connectivity index (χ2v) is 8.30. The Morgan fingerprint density at radius 2 is 1.89 bits per heavy atom. The van der Waals surface area contributed by atoms with E-state index < -0.39 is 5.82 Å². The summed E-state index contributed by atoms with van der Waals surface area (Å²) in [5, 5.41) is 8.39. The second kappa shape index (κ2) is 14.0. The number of anilines is 1. The van der Waals surface area contributed by atoms with Gasteiger partial charge < -0.3 is 18.4 Å². The lowest BCUT2D eigenvalue weighted by molar-refractivity contribution is 0.205. The zero-order valence-corrected chi connectivity index (χ0v) is 24.4. The Balaban J connectivity index is 0.00000102. The van der Waals surface area contributed by atoms with Crippen LogP contribution in [0.4, 0.5) is 10.2 Å². The van der Waals surface area contributed by atoms with Gasteiger partial charge in [0.25, 0.3) is 0 Å². The van der Waals surface area contributed by atoms with Crippen LogP contribution < -0.4 is 18.4 Å². The number of rotatable bonds is 2. The van der Waals surface area contributed by atoms with E-state index in [9.17, 15) is 0 Å². The van der Waals surface area contributed by atoms with Crippen molar-refractivity contribution in [1.82, 2.24) is 25.3 Å². The molecule has 1 aliphatic rings. The van der Waals surface area contributed by atoms with Crippen LogP contribution in [0.3, 0.4) is 0 Å². The number of ether oxygens (including phenoxy) is 1. The predicted octanol–water partition coefficient (Wildman–Crippen LogP) is 6.56. The van der Waals surface area contributed by atoms with Gasteiger partial charge in [-0.2, -0.15) is 9.97 Å². The molecule has 4 aromatic rings. The average Bonchev–Trinajstić information content (AvgIpc) is 3.00. The van der Waals surface area contributed by atoms with E-state index in [0.717, 1.165) is 18.4 Å². The van der Waals surface area contributed by atoms with Gasteiger partial charge >= 0.3 is 6.01 Å². The minimum Gasteiger partial charge on any atom is -0.474 e. The molecule has 0 amide bonds. The molecule has 0 bridgehead atoms. The Morgan fingerprint density at radius 1 is 1.11 bits per heavy atom. The molecule has 4 heterocycles. The Hall–Kier alpha value is -3.30. The number of halogens is 2. The highest BCUT2D eigenvalue weighted by molar-refractivity contribution is 14.1. The van der Waals surface area contributed by atoms with Crippen LogP contribution in [0, 0.1) is 18.2 Å². The van der Waals surface area contributed by atoms with Crippen LogP contribution in [0.15, 0.2) is 30.6 Å². The third-order valence-corrected chi connectivity index (χ3v) is 6.02. The third-order valence-electron chi connectivity index (χ3n) is 5.63. The number of fused-ring (bicyclic) bond motifs is 1. The molecule has 3 aromatic heterocycles. The van der Waals surface area contributed by atoms with Crippen molar-refractivity contribution in [3.63, 3.8) is 0 Å². The zero-order valence-electron chi connectivity index (χ0n) is 22.2. The summed E-state index contributed by atoms with van der Waals surface area (Å²) in [6, 6.07) is 5.54. The average molecular weight is 633 g/mol. The molecule has 2 N–H and O–H groups in total. The lowest BCUT2D eigenvalue weighted by atomic mass is 9.99. The molecule has 0 saturated heterocycles. The fourth-order valence-electron chi connectivity index (χ4n) is 4.03. The summed E-state index contributed by atoms with van der Waals surface area (Å²) in [4.78, 5) is 17.7. The highest BCUT2D eigenvalue weighted by atomic mass is 127. The number of aromatic nitrogens is 4. The van der Waals surface area contributed by atoms with E-state index >= 15 is 4.39 Å². The largest absolute Gasteiger partial charge is 0.474 e. The van der Waals surface area contributed by atoms with E-state index in [1.54, 1.807) is 41.5 Å². The minimum absolute atomic E-state index is 0. The van der Waals surface area contributed by atoms with E-state index in [4.69, 9.17) is 14.2 Å². The highest BCUT2D eigenvalue weighted by Crippen LogP contribution is 2.39. The first-order valence-electron chi connectivity index (χ1n) is 12.8. The van der Waals surface area contributed by atoms with Gasteiger partial charge in [-0.3, -0.25) is 4.98 Å². The number of hydrogen-bond acceptors (Lipinski definition) is 8. The van der Waals surface area contributed by atoms with Gasteiger partial charge in [0.2, 0.25) is 5.88 Å². The van der Waals surface area contributed by atoms with Gasteiger partial charge in [0.05, 0.1) is 6.10 Å². The first-order valence-corrected chi connectivity index (χ1v) is 13.6. The molecule has 10 heteroatoms. The maximum atomic E-state index is 16.2. The molecule has 5 rings (SSSR count). The smallest absolute Gasteiger partial charge is 0.328 e. The summed E-state index contributed by atoms with van der Waals surface area (Å²) in [7, 11) is 0. The molecule has 1 aliphatic heterocycles. The molecular weight excluding hydrogens is 598 g/mol. The molecule has 8 nitrogen and oxygen atoms in total. The van der Waals surface area contributed by atoms with E-state index in [-0.39, 0.29) is 30.6 Å². The molecule has 1 aromatic carbocycles. The van der Waals surface area contributed by atoms with Crippen LogP contribution >= 0.6 is 23.0 Å². The van der Waals surface area contributed by atoms with Crippen molar-refractivity contribution in [3.8, 4) is 35.5 Å². The lowest BCUT2D eigenvalue weighted by Crippen LogP contribution is -2.26. The van der Waals surface area contributed by atoms with Crippen molar-refractivity contribution in [3.05, 3.63) is 42.0 Å². The van der Waals surface area contributed by atoms with Gasteiger partial charge in [-0.25, -0.2) is 9.37 Å². The summed E-state index contributed by atoms with van der Waals surface area (Å²) in [6.45, 7) is 12.0. The molecule has 1 atom stereocenters. The van der Waals surface area contributed by atoms with E-state index in [2.05, 4.69) is 36.5 Å². The van der Waals surface area contributed by atoms with Crippen LogP contribution in [0.2, 0.25) is 0 Å². The van der Waals surface area contributed by atoms with Gasteiger partial charge in [-0.05, 0) is 26.0 Å². The van der Waals surface area contributed by atoms with Crippen molar-refractivity contribution in [2.45, 2.75) is 47.1 Å². The van der Waals surface area contributed by atoms with Crippen molar-refractivity contribution in [1.29, 1.82) is 0 Å². The summed E-state index contributed by atoms with van der Waals surface area (Å²) in [6.07, 6.45) is 9.57. The monoisotopic (exact) mass is 632 g/mol. The van der Waals surface area contributed by atoms with Crippen LogP contribution in [0.1, 0.15) is 48.0 Å². The quantitative estimate of drug-likeness (QED) is 0.190. The lowest BCUT2D eigenvalue weighted by Gasteiger charge is -2.18. The molecular formula is C28H34FIN6O2. The Bertz CT molecular complexity index is 1440. The van der Waals surface area contributed by atoms with Crippen LogP contribution in [0.5, 0.6) is 11.9 Å². The van der Waals surface area contributed by atoms with Gasteiger partial charge in [0, 0.05) is 48.8 Å². The maximum Gasteiger partial charge on any atom is 0.328 e. The van der Waals surface area contributed by atoms with Crippen molar-refractivity contribution in [2.75, 3.05) is 25.0 Å². The number of nitrogens with zero attached hydrogens (tertiary/aromatic N) is 4. The molecule has 38 heavy (non-hydrogen) atoms. The fourth-order valence-corrected chi connectivity index (χ4v) is 4.23. The number of hydrogen-bond donors (Lipinski definition) is 2. The normalized spacial score (nSPS) is 14.8. The second-order valence-electron chi connectivity index (χ2n) is 7.86. The Labute approximate surface area is 238 Å². The van der Waals surface area contributed by atoms with Gasteiger partial charge in [-0.1, -0.05) is 45.7 Å². The SMILES string of the molecule is C#Cc1cccc2cncc(-c3nc4c5c(nc(OI)nc5c3F)NCCNCC[C@H](C)O4)c12.CC.CC.[HH]. The van der Waals surface area contributed by atoms with Crippen molar-refractivity contribution < 1.29 is 13.6 Å². The maximum absolute atomic E-state index is 16.2. The topological polar surface area (TPSA) is 94.1 Å². The van der Waals surface area contributed by atoms with Gasteiger partial charge in [0.15, 0.2) is 28.8 Å². The summed E-state index contributed by atoms with van der Waals surface area (Å²) >= 11 is 1.67. The number of pyridine rings is 2. The summed E-state index contributed by atoms with van der Waals surface area (Å²) in [5.41, 5.74) is 1.16. The van der Waals surface area contributed by atoms with Crippen LogP contribution in [-0.4, -0.2) is 45.7 Å². The van der Waals surface area contributed by atoms with Crippen LogP contribution in [0.25, 0.3) is 32.9 Å². The van der Waals surface area contributed by atoms with Gasteiger partial charge in [0.1, 0.15) is 22.4 Å². The Morgan fingerprint density at radius 3 is 2.63 bits per heavy atom. The first-order chi connectivity index (χ1) is 18.6. The molecule has 0 unspecified atom stereocenters. The molecule has 0 radical (unpaired) electrons.